The van der Waals surface area contributed by atoms with E-state index in [1.54, 1.807) is 0 Å². The number of benzene rings is 1. The van der Waals surface area contributed by atoms with Gasteiger partial charge in [-0.05, 0) is 30.5 Å². The van der Waals surface area contributed by atoms with Gasteiger partial charge in [-0.1, -0.05) is 38.5 Å². The first-order valence-corrected chi connectivity index (χ1v) is 6.59. The highest BCUT2D eigenvalue weighted by molar-refractivity contribution is 5.81. The third kappa shape index (κ3) is 2.54. The minimum Gasteiger partial charge on any atom is -0.390 e. The van der Waals surface area contributed by atoms with Gasteiger partial charge in [-0.15, -0.1) is 0 Å². The third-order valence-corrected chi connectivity index (χ3v) is 3.96. The Bertz CT molecular complexity index is 528. The fourth-order valence-electron chi connectivity index (χ4n) is 2.31. The van der Waals surface area contributed by atoms with Crippen molar-refractivity contribution in [2.75, 3.05) is 0 Å². The Labute approximate surface area is 109 Å². The first kappa shape index (κ1) is 13.0. The molecule has 0 spiro atoms. The molecular weight excluding hydrogens is 222 g/mol. The molecule has 1 aromatic heterocycles. The topological polar surface area (TPSA) is 33.1 Å². The molecule has 2 rings (SSSR count). The number of pyridine rings is 1. The summed E-state index contributed by atoms with van der Waals surface area (Å²) in [7, 11) is 0. The zero-order valence-corrected chi connectivity index (χ0v) is 11.4. The van der Waals surface area contributed by atoms with E-state index in [1.165, 1.54) is 5.56 Å². The molecular formula is C16H21NO. The minimum atomic E-state index is -0.668. The number of fused-ring (bicyclic) bond motifs is 1. The van der Waals surface area contributed by atoms with Crippen LogP contribution in [0.25, 0.3) is 10.9 Å². The summed E-state index contributed by atoms with van der Waals surface area (Å²) in [6.07, 6.45) is 3.48. The molecule has 0 amide bonds. The molecule has 0 fully saturated rings. The largest absolute Gasteiger partial charge is 0.390 e. The Balaban J connectivity index is 2.38. The summed E-state index contributed by atoms with van der Waals surface area (Å²) in [4.78, 5) is 4.36. The predicted molar refractivity (Wildman–Crippen MR) is 75.5 cm³/mol. The van der Waals surface area contributed by atoms with Crippen LogP contribution in [0.4, 0.5) is 0 Å². The van der Waals surface area contributed by atoms with Crippen LogP contribution in [-0.2, 0) is 6.42 Å². The van der Waals surface area contributed by atoms with Crippen molar-refractivity contribution in [2.45, 2.75) is 39.2 Å². The molecule has 2 heteroatoms. The molecule has 1 aromatic carbocycles. The maximum atomic E-state index is 10.6. The quantitative estimate of drug-likeness (QED) is 0.890. The van der Waals surface area contributed by atoms with E-state index in [4.69, 9.17) is 0 Å². The Morgan fingerprint density at radius 2 is 2.00 bits per heavy atom. The summed E-state index contributed by atoms with van der Waals surface area (Å²) in [5, 5.41) is 11.7. The van der Waals surface area contributed by atoms with Gasteiger partial charge in [0.15, 0.2) is 0 Å². The van der Waals surface area contributed by atoms with E-state index in [2.05, 4.69) is 24.9 Å². The van der Waals surface area contributed by atoms with Gasteiger partial charge in [0.05, 0.1) is 11.1 Å². The lowest BCUT2D eigenvalue weighted by Crippen LogP contribution is -2.35. The monoisotopic (exact) mass is 243 g/mol. The van der Waals surface area contributed by atoms with Crippen molar-refractivity contribution in [3.63, 3.8) is 0 Å². The van der Waals surface area contributed by atoms with Crippen LogP contribution in [0.3, 0.4) is 0 Å². The molecule has 0 aliphatic rings. The van der Waals surface area contributed by atoms with Crippen LogP contribution >= 0.6 is 0 Å². The molecule has 0 bridgehead atoms. The molecule has 1 N–H and O–H groups in total. The number of aliphatic hydroxyl groups is 1. The fourth-order valence-corrected chi connectivity index (χ4v) is 2.31. The molecule has 18 heavy (non-hydrogen) atoms. The lowest BCUT2D eigenvalue weighted by atomic mass is 9.83. The number of aromatic nitrogens is 1. The van der Waals surface area contributed by atoms with Crippen LogP contribution in [0.15, 0.2) is 36.5 Å². The number of nitrogens with zero attached hydrogens (tertiary/aromatic N) is 1. The molecule has 0 radical (unpaired) electrons. The molecule has 2 atom stereocenters. The lowest BCUT2D eigenvalue weighted by Gasteiger charge is -2.30. The van der Waals surface area contributed by atoms with Gasteiger partial charge in [0, 0.05) is 18.0 Å². The van der Waals surface area contributed by atoms with Gasteiger partial charge < -0.3 is 5.11 Å². The van der Waals surface area contributed by atoms with E-state index in [-0.39, 0.29) is 5.92 Å². The smallest absolute Gasteiger partial charge is 0.0704 e. The zero-order chi connectivity index (χ0) is 13.2. The molecule has 0 aliphatic carbocycles. The number of para-hydroxylation sites is 1. The normalized spacial score (nSPS) is 16.4. The van der Waals surface area contributed by atoms with Crippen LogP contribution in [0.5, 0.6) is 0 Å². The maximum absolute atomic E-state index is 10.6. The third-order valence-electron chi connectivity index (χ3n) is 3.96. The summed E-state index contributed by atoms with van der Waals surface area (Å²) in [6.45, 7) is 6.14. The van der Waals surface area contributed by atoms with Crippen molar-refractivity contribution >= 4 is 10.9 Å². The van der Waals surface area contributed by atoms with Crippen molar-refractivity contribution < 1.29 is 5.11 Å². The Kier molecular flexibility index (Phi) is 3.67. The number of hydrogen-bond donors (Lipinski definition) is 1. The second-order valence-electron chi connectivity index (χ2n) is 5.33. The predicted octanol–water partition coefficient (Wildman–Crippen LogP) is 3.57. The average molecular weight is 243 g/mol. The van der Waals surface area contributed by atoms with Crippen LogP contribution in [0, 0.1) is 5.92 Å². The summed E-state index contributed by atoms with van der Waals surface area (Å²) >= 11 is 0. The average Bonchev–Trinajstić information content (AvgIpc) is 2.38. The Morgan fingerprint density at radius 3 is 2.72 bits per heavy atom. The van der Waals surface area contributed by atoms with E-state index in [9.17, 15) is 5.11 Å². The SMILES string of the molecule is CCC(C)C(C)(O)Cc1ccnc2ccccc12. The highest BCUT2D eigenvalue weighted by atomic mass is 16.3. The Morgan fingerprint density at radius 1 is 1.28 bits per heavy atom. The van der Waals surface area contributed by atoms with E-state index in [1.807, 2.05) is 37.4 Å². The van der Waals surface area contributed by atoms with Crippen LogP contribution in [0.2, 0.25) is 0 Å². The summed E-state index contributed by atoms with van der Waals surface area (Å²) < 4.78 is 0. The van der Waals surface area contributed by atoms with E-state index < -0.39 is 5.60 Å². The van der Waals surface area contributed by atoms with Crippen molar-refractivity contribution in [3.8, 4) is 0 Å². The van der Waals surface area contributed by atoms with Crippen LogP contribution < -0.4 is 0 Å². The van der Waals surface area contributed by atoms with Gasteiger partial charge >= 0.3 is 0 Å². The zero-order valence-electron chi connectivity index (χ0n) is 11.4. The molecule has 0 aliphatic heterocycles. The molecule has 0 saturated heterocycles. The van der Waals surface area contributed by atoms with Crippen molar-refractivity contribution in [1.82, 2.24) is 4.98 Å². The van der Waals surface area contributed by atoms with Crippen molar-refractivity contribution in [1.29, 1.82) is 0 Å². The maximum Gasteiger partial charge on any atom is 0.0704 e. The number of rotatable bonds is 4. The number of hydrogen-bond acceptors (Lipinski definition) is 2. The van der Waals surface area contributed by atoms with Gasteiger partial charge in [-0.3, -0.25) is 4.98 Å². The second kappa shape index (κ2) is 5.07. The molecule has 1 heterocycles. The van der Waals surface area contributed by atoms with Crippen molar-refractivity contribution in [3.05, 3.63) is 42.1 Å². The molecule has 2 aromatic rings. The first-order chi connectivity index (χ1) is 8.54. The minimum absolute atomic E-state index is 0.282. The van der Waals surface area contributed by atoms with Gasteiger partial charge in [0.1, 0.15) is 0 Å². The van der Waals surface area contributed by atoms with Crippen LogP contribution in [0.1, 0.15) is 32.8 Å². The van der Waals surface area contributed by atoms with Gasteiger partial charge in [0.25, 0.3) is 0 Å². The summed E-state index contributed by atoms with van der Waals surface area (Å²) in [6, 6.07) is 10.1. The standard InChI is InChI=1S/C16H21NO/c1-4-12(2)16(3,18)11-13-9-10-17-15-8-6-5-7-14(13)15/h5-10,12,18H,4,11H2,1-3H3. The van der Waals surface area contributed by atoms with Gasteiger partial charge in [-0.2, -0.15) is 0 Å². The van der Waals surface area contributed by atoms with E-state index >= 15 is 0 Å². The van der Waals surface area contributed by atoms with Gasteiger partial charge in [0.2, 0.25) is 0 Å². The van der Waals surface area contributed by atoms with E-state index in [0.29, 0.717) is 6.42 Å². The molecule has 0 saturated carbocycles. The highest BCUT2D eigenvalue weighted by Gasteiger charge is 2.27. The Hall–Kier alpha value is -1.41. The van der Waals surface area contributed by atoms with E-state index in [0.717, 1.165) is 17.3 Å². The van der Waals surface area contributed by atoms with Crippen molar-refractivity contribution in [2.24, 2.45) is 5.92 Å². The summed E-state index contributed by atoms with van der Waals surface area (Å²) in [5.74, 6) is 0.282. The lowest BCUT2D eigenvalue weighted by molar-refractivity contribution is 0.00544. The molecule has 2 unspecified atom stereocenters. The first-order valence-electron chi connectivity index (χ1n) is 6.59. The molecule has 2 nitrogen and oxygen atoms in total. The second-order valence-corrected chi connectivity index (χ2v) is 5.33. The fraction of sp³-hybridized carbons (Fsp3) is 0.438. The highest BCUT2D eigenvalue weighted by Crippen LogP contribution is 2.27. The van der Waals surface area contributed by atoms with Crippen LogP contribution in [-0.4, -0.2) is 15.7 Å². The van der Waals surface area contributed by atoms with Gasteiger partial charge in [-0.25, -0.2) is 0 Å². The summed E-state index contributed by atoms with van der Waals surface area (Å²) in [5.41, 5.74) is 1.50. The molecule has 96 valence electrons.